The SMILES string of the molecule is Cc1ccc(-c2nc3ccccc3nc2N)cc1F. The van der Waals surface area contributed by atoms with Crippen molar-refractivity contribution in [3.8, 4) is 11.3 Å². The zero-order valence-electron chi connectivity index (χ0n) is 10.4. The highest BCUT2D eigenvalue weighted by molar-refractivity contribution is 5.82. The van der Waals surface area contributed by atoms with Crippen molar-refractivity contribution in [2.75, 3.05) is 5.73 Å². The molecule has 0 aliphatic carbocycles. The van der Waals surface area contributed by atoms with Crippen LogP contribution in [0.2, 0.25) is 0 Å². The van der Waals surface area contributed by atoms with Crippen molar-refractivity contribution in [1.82, 2.24) is 9.97 Å². The van der Waals surface area contributed by atoms with Gasteiger partial charge < -0.3 is 5.73 Å². The molecule has 3 aromatic rings. The standard InChI is InChI=1S/C15H12FN3/c1-9-6-7-10(8-11(9)16)14-15(17)19-13-5-3-2-4-12(13)18-14/h2-8H,1H3,(H2,17,19). The lowest BCUT2D eigenvalue weighted by atomic mass is 10.1. The molecule has 0 unspecified atom stereocenters. The molecule has 0 fully saturated rings. The second-order valence-electron chi connectivity index (χ2n) is 4.41. The van der Waals surface area contributed by atoms with Crippen LogP contribution in [0.4, 0.5) is 10.2 Å². The van der Waals surface area contributed by atoms with Crippen LogP contribution in [-0.2, 0) is 0 Å². The Balaban J connectivity index is 2.23. The van der Waals surface area contributed by atoms with Gasteiger partial charge in [-0.15, -0.1) is 0 Å². The number of hydrogen-bond acceptors (Lipinski definition) is 3. The fraction of sp³-hybridized carbons (Fsp3) is 0.0667. The fourth-order valence-corrected chi connectivity index (χ4v) is 1.97. The summed E-state index contributed by atoms with van der Waals surface area (Å²) in [5.74, 6) is 0.0359. The summed E-state index contributed by atoms with van der Waals surface area (Å²) in [4.78, 5) is 8.76. The Hall–Kier alpha value is -2.49. The van der Waals surface area contributed by atoms with Crippen LogP contribution in [0.1, 0.15) is 5.56 Å². The number of anilines is 1. The van der Waals surface area contributed by atoms with Crippen molar-refractivity contribution in [2.45, 2.75) is 6.92 Å². The lowest BCUT2D eigenvalue weighted by Crippen LogP contribution is -1.99. The van der Waals surface area contributed by atoms with Crippen molar-refractivity contribution >= 4 is 16.9 Å². The van der Waals surface area contributed by atoms with Gasteiger partial charge in [-0.3, -0.25) is 0 Å². The van der Waals surface area contributed by atoms with Crippen LogP contribution in [0.25, 0.3) is 22.3 Å². The van der Waals surface area contributed by atoms with Gasteiger partial charge in [0.1, 0.15) is 11.5 Å². The van der Waals surface area contributed by atoms with Crippen molar-refractivity contribution in [3.05, 3.63) is 53.8 Å². The molecule has 4 heteroatoms. The predicted molar refractivity (Wildman–Crippen MR) is 74.1 cm³/mol. The molecule has 0 amide bonds. The Bertz CT molecular complexity index is 768. The van der Waals surface area contributed by atoms with Crippen molar-refractivity contribution in [2.24, 2.45) is 0 Å². The molecule has 3 rings (SSSR count). The molecule has 0 aliphatic rings. The number of hydrogen-bond donors (Lipinski definition) is 1. The highest BCUT2D eigenvalue weighted by Crippen LogP contribution is 2.26. The maximum absolute atomic E-state index is 13.6. The van der Waals surface area contributed by atoms with Crippen LogP contribution in [0, 0.1) is 12.7 Å². The first kappa shape index (κ1) is 11.6. The summed E-state index contributed by atoms with van der Waals surface area (Å²) in [7, 11) is 0. The average molecular weight is 253 g/mol. The number of nitrogen functional groups attached to an aromatic ring is 1. The first-order valence-corrected chi connectivity index (χ1v) is 5.94. The van der Waals surface area contributed by atoms with E-state index < -0.39 is 0 Å². The molecule has 1 heterocycles. The van der Waals surface area contributed by atoms with Crippen LogP contribution in [-0.4, -0.2) is 9.97 Å². The van der Waals surface area contributed by atoms with E-state index in [4.69, 9.17) is 5.73 Å². The number of aromatic nitrogens is 2. The van der Waals surface area contributed by atoms with Gasteiger partial charge in [0.25, 0.3) is 0 Å². The first-order chi connectivity index (χ1) is 9.15. The number of fused-ring (bicyclic) bond motifs is 1. The van der Waals surface area contributed by atoms with E-state index in [1.807, 2.05) is 24.3 Å². The minimum absolute atomic E-state index is 0.271. The highest BCUT2D eigenvalue weighted by Gasteiger charge is 2.09. The van der Waals surface area contributed by atoms with Crippen LogP contribution in [0.15, 0.2) is 42.5 Å². The van der Waals surface area contributed by atoms with Crippen LogP contribution < -0.4 is 5.73 Å². The summed E-state index contributed by atoms with van der Waals surface area (Å²) in [6.07, 6.45) is 0. The summed E-state index contributed by atoms with van der Waals surface area (Å²) in [5, 5.41) is 0. The molecular formula is C15H12FN3. The molecule has 94 valence electrons. The quantitative estimate of drug-likeness (QED) is 0.723. The third-order valence-electron chi connectivity index (χ3n) is 3.04. The summed E-state index contributed by atoms with van der Waals surface area (Å²) < 4.78 is 13.6. The Morgan fingerprint density at radius 3 is 2.37 bits per heavy atom. The molecule has 0 aliphatic heterocycles. The minimum Gasteiger partial charge on any atom is -0.382 e. The first-order valence-electron chi connectivity index (χ1n) is 5.94. The van der Waals surface area contributed by atoms with Gasteiger partial charge in [0.2, 0.25) is 0 Å². The predicted octanol–water partition coefficient (Wildman–Crippen LogP) is 3.33. The van der Waals surface area contributed by atoms with E-state index in [9.17, 15) is 4.39 Å². The smallest absolute Gasteiger partial charge is 0.150 e. The number of para-hydroxylation sites is 2. The molecule has 0 bridgehead atoms. The van der Waals surface area contributed by atoms with E-state index in [0.717, 1.165) is 11.0 Å². The zero-order valence-corrected chi connectivity index (χ0v) is 10.4. The maximum atomic E-state index is 13.6. The monoisotopic (exact) mass is 253 g/mol. The molecule has 0 saturated carbocycles. The van der Waals surface area contributed by atoms with E-state index in [-0.39, 0.29) is 5.82 Å². The number of benzene rings is 2. The summed E-state index contributed by atoms with van der Waals surface area (Å²) >= 11 is 0. The van der Waals surface area contributed by atoms with E-state index in [0.29, 0.717) is 22.6 Å². The third kappa shape index (κ3) is 2.01. The second kappa shape index (κ2) is 4.31. The topological polar surface area (TPSA) is 51.8 Å². The van der Waals surface area contributed by atoms with Crippen molar-refractivity contribution < 1.29 is 4.39 Å². The van der Waals surface area contributed by atoms with E-state index in [1.54, 1.807) is 19.1 Å². The molecule has 19 heavy (non-hydrogen) atoms. The zero-order chi connectivity index (χ0) is 13.4. The highest BCUT2D eigenvalue weighted by atomic mass is 19.1. The number of rotatable bonds is 1. The van der Waals surface area contributed by atoms with Gasteiger partial charge in [0.15, 0.2) is 5.82 Å². The Kier molecular flexibility index (Phi) is 2.63. The number of nitrogens with zero attached hydrogens (tertiary/aromatic N) is 2. The lowest BCUT2D eigenvalue weighted by Gasteiger charge is -2.07. The molecule has 0 atom stereocenters. The van der Waals surface area contributed by atoms with Gasteiger partial charge >= 0.3 is 0 Å². The molecule has 0 saturated heterocycles. The molecular weight excluding hydrogens is 241 g/mol. The normalized spacial score (nSPS) is 10.8. The fourth-order valence-electron chi connectivity index (χ4n) is 1.97. The third-order valence-corrected chi connectivity index (χ3v) is 3.04. The summed E-state index contributed by atoms with van der Waals surface area (Å²) in [6.45, 7) is 1.72. The van der Waals surface area contributed by atoms with E-state index >= 15 is 0 Å². The van der Waals surface area contributed by atoms with Gasteiger partial charge in [0.05, 0.1) is 11.0 Å². The van der Waals surface area contributed by atoms with Crippen molar-refractivity contribution in [1.29, 1.82) is 0 Å². The number of halogens is 1. The largest absolute Gasteiger partial charge is 0.382 e. The maximum Gasteiger partial charge on any atom is 0.150 e. The van der Waals surface area contributed by atoms with Gasteiger partial charge in [-0.25, -0.2) is 14.4 Å². The number of nitrogens with two attached hydrogens (primary N) is 1. The van der Waals surface area contributed by atoms with E-state index in [1.165, 1.54) is 6.07 Å². The van der Waals surface area contributed by atoms with Crippen LogP contribution >= 0.6 is 0 Å². The Morgan fingerprint density at radius 2 is 1.68 bits per heavy atom. The van der Waals surface area contributed by atoms with Crippen LogP contribution in [0.3, 0.4) is 0 Å². The van der Waals surface area contributed by atoms with Crippen LogP contribution in [0.5, 0.6) is 0 Å². The summed E-state index contributed by atoms with van der Waals surface area (Å²) in [6, 6.07) is 12.4. The minimum atomic E-state index is -0.271. The number of aryl methyl sites for hydroxylation is 1. The Labute approximate surface area is 109 Å². The van der Waals surface area contributed by atoms with Gasteiger partial charge in [-0.2, -0.15) is 0 Å². The summed E-state index contributed by atoms with van der Waals surface area (Å²) in [5.41, 5.74) is 9.13. The Morgan fingerprint density at radius 1 is 1.00 bits per heavy atom. The molecule has 3 nitrogen and oxygen atoms in total. The van der Waals surface area contributed by atoms with Crippen molar-refractivity contribution in [3.63, 3.8) is 0 Å². The molecule has 0 radical (unpaired) electrons. The second-order valence-corrected chi connectivity index (χ2v) is 4.41. The van der Waals surface area contributed by atoms with Gasteiger partial charge in [-0.05, 0) is 30.7 Å². The molecule has 1 aromatic heterocycles. The lowest BCUT2D eigenvalue weighted by molar-refractivity contribution is 0.619. The average Bonchev–Trinajstić information content (AvgIpc) is 2.41. The van der Waals surface area contributed by atoms with Gasteiger partial charge in [0, 0.05) is 5.56 Å². The molecule has 0 spiro atoms. The van der Waals surface area contributed by atoms with E-state index in [2.05, 4.69) is 9.97 Å². The molecule has 2 N–H and O–H groups in total. The van der Waals surface area contributed by atoms with Gasteiger partial charge in [-0.1, -0.05) is 24.3 Å². The molecule has 2 aromatic carbocycles.